The van der Waals surface area contributed by atoms with E-state index in [-0.39, 0.29) is 11.8 Å². The van der Waals surface area contributed by atoms with E-state index in [1.54, 1.807) is 24.5 Å². The van der Waals surface area contributed by atoms with Crippen molar-refractivity contribution < 1.29 is 9.59 Å². The van der Waals surface area contributed by atoms with E-state index >= 15 is 0 Å². The van der Waals surface area contributed by atoms with Gasteiger partial charge in [0.2, 0.25) is 5.91 Å². The van der Waals surface area contributed by atoms with Crippen molar-refractivity contribution in [1.29, 1.82) is 0 Å². The number of hydrogen-bond acceptors (Lipinski definition) is 3. The Balaban J connectivity index is 1.56. The second-order valence-electron chi connectivity index (χ2n) is 4.96. The summed E-state index contributed by atoms with van der Waals surface area (Å²) in [5, 5.41) is 5.68. The van der Waals surface area contributed by atoms with Crippen LogP contribution in [0.25, 0.3) is 0 Å². The molecule has 0 unspecified atom stereocenters. The van der Waals surface area contributed by atoms with Crippen molar-refractivity contribution in [3.63, 3.8) is 0 Å². The second kappa shape index (κ2) is 5.75. The highest BCUT2D eigenvalue weighted by molar-refractivity contribution is 5.99. The Morgan fingerprint density at radius 2 is 2.05 bits per heavy atom. The minimum absolute atomic E-state index is 0.0353. The maximum Gasteiger partial charge on any atom is 0.251 e. The van der Waals surface area contributed by atoms with E-state index in [9.17, 15) is 9.59 Å². The predicted molar refractivity (Wildman–Crippen MR) is 79.0 cm³/mol. The zero-order chi connectivity index (χ0) is 14.7. The molecule has 0 fully saturated rings. The lowest BCUT2D eigenvalue weighted by Gasteiger charge is -2.06. The van der Waals surface area contributed by atoms with Gasteiger partial charge < -0.3 is 10.6 Å². The van der Waals surface area contributed by atoms with E-state index < -0.39 is 0 Å². The van der Waals surface area contributed by atoms with Crippen LogP contribution in [0.2, 0.25) is 0 Å². The maximum atomic E-state index is 11.9. The van der Waals surface area contributed by atoms with Gasteiger partial charge in [-0.05, 0) is 35.7 Å². The van der Waals surface area contributed by atoms with Crippen LogP contribution in [-0.2, 0) is 17.6 Å². The summed E-state index contributed by atoms with van der Waals surface area (Å²) in [6.07, 6.45) is 4.36. The minimum Gasteiger partial charge on any atom is -0.352 e. The van der Waals surface area contributed by atoms with Gasteiger partial charge in [-0.15, -0.1) is 0 Å². The molecule has 1 aliphatic heterocycles. The van der Waals surface area contributed by atoms with Gasteiger partial charge in [0, 0.05) is 30.2 Å². The van der Waals surface area contributed by atoms with Gasteiger partial charge in [0.1, 0.15) is 0 Å². The smallest absolute Gasteiger partial charge is 0.251 e. The average molecular weight is 281 g/mol. The molecule has 2 amide bonds. The number of aromatic nitrogens is 1. The van der Waals surface area contributed by atoms with E-state index in [0.717, 1.165) is 23.2 Å². The number of nitrogens with zero attached hydrogens (tertiary/aromatic N) is 1. The third-order valence-electron chi connectivity index (χ3n) is 3.44. The summed E-state index contributed by atoms with van der Waals surface area (Å²) in [5.74, 6) is -0.0662. The van der Waals surface area contributed by atoms with E-state index in [0.29, 0.717) is 18.5 Å². The molecule has 3 rings (SSSR count). The molecule has 0 radical (unpaired) electrons. The summed E-state index contributed by atoms with van der Waals surface area (Å²) in [7, 11) is 0. The fourth-order valence-electron chi connectivity index (χ4n) is 2.36. The van der Waals surface area contributed by atoms with Crippen LogP contribution in [0.4, 0.5) is 5.69 Å². The van der Waals surface area contributed by atoms with Crippen LogP contribution in [0.3, 0.4) is 0 Å². The molecule has 2 N–H and O–H groups in total. The van der Waals surface area contributed by atoms with Crippen molar-refractivity contribution in [3.05, 3.63) is 59.4 Å². The number of nitrogens with one attached hydrogen (secondary N) is 2. The molecule has 106 valence electrons. The Morgan fingerprint density at radius 1 is 1.24 bits per heavy atom. The largest absolute Gasteiger partial charge is 0.352 e. The van der Waals surface area contributed by atoms with Crippen molar-refractivity contribution in [2.45, 2.75) is 12.8 Å². The van der Waals surface area contributed by atoms with E-state index in [4.69, 9.17) is 0 Å². The van der Waals surface area contributed by atoms with Crippen LogP contribution in [0.1, 0.15) is 21.5 Å². The summed E-state index contributed by atoms with van der Waals surface area (Å²) < 4.78 is 0. The molecular weight excluding hydrogens is 266 g/mol. The Bertz CT molecular complexity index is 683. The lowest BCUT2D eigenvalue weighted by Crippen LogP contribution is -2.25. The molecule has 0 bridgehead atoms. The molecule has 2 heterocycles. The van der Waals surface area contributed by atoms with Gasteiger partial charge in [-0.2, -0.15) is 0 Å². The third-order valence-corrected chi connectivity index (χ3v) is 3.44. The van der Waals surface area contributed by atoms with Gasteiger partial charge in [0.15, 0.2) is 0 Å². The summed E-state index contributed by atoms with van der Waals surface area (Å²) in [6, 6.07) is 9.28. The Morgan fingerprint density at radius 3 is 2.86 bits per heavy atom. The highest BCUT2D eigenvalue weighted by Gasteiger charge is 2.17. The lowest BCUT2D eigenvalue weighted by atomic mass is 10.1. The predicted octanol–water partition coefficient (Wildman–Crippen LogP) is 1.55. The number of pyridine rings is 1. The molecule has 0 aliphatic carbocycles. The molecule has 1 aromatic carbocycles. The maximum absolute atomic E-state index is 11.9. The standard InChI is InChI=1S/C16H15N3O2/c20-15-10-13-9-11(1-2-14(13)19-15)3-8-18-16(21)12-4-6-17-7-5-12/h1-2,4-7,9H,3,8,10H2,(H,18,21)(H,19,20). The first-order chi connectivity index (χ1) is 10.2. The molecule has 1 aromatic heterocycles. The number of fused-ring (bicyclic) bond motifs is 1. The number of hydrogen-bond donors (Lipinski definition) is 2. The zero-order valence-electron chi connectivity index (χ0n) is 11.4. The SMILES string of the molecule is O=C1Cc2cc(CCNC(=O)c3ccncc3)ccc2N1. The van der Waals surface area contributed by atoms with Gasteiger partial charge in [0.25, 0.3) is 5.91 Å². The Hall–Kier alpha value is -2.69. The quantitative estimate of drug-likeness (QED) is 0.893. The summed E-state index contributed by atoms with van der Waals surface area (Å²) in [6.45, 7) is 0.557. The molecule has 1 aliphatic rings. The normalized spacial score (nSPS) is 12.7. The molecule has 0 saturated carbocycles. The number of rotatable bonds is 4. The number of anilines is 1. The molecule has 5 nitrogen and oxygen atoms in total. The second-order valence-corrected chi connectivity index (χ2v) is 4.96. The number of carbonyl (C=O) groups excluding carboxylic acids is 2. The molecular formula is C16H15N3O2. The van der Waals surface area contributed by atoms with Gasteiger partial charge in [-0.25, -0.2) is 0 Å². The third kappa shape index (κ3) is 3.08. The van der Waals surface area contributed by atoms with E-state index in [1.807, 2.05) is 18.2 Å². The van der Waals surface area contributed by atoms with Gasteiger partial charge in [-0.3, -0.25) is 14.6 Å². The van der Waals surface area contributed by atoms with Crippen molar-refractivity contribution in [2.24, 2.45) is 0 Å². The van der Waals surface area contributed by atoms with Gasteiger partial charge >= 0.3 is 0 Å². The fourth-order valence-corrected chi connectivity index (χ4v) is 2.36. The molecule has 0 saturated heterocycles. The molecule has 0 atom stereocenters. The molecule has 5 heteroatoms. The summed E-state index contributed by atoms with van der Waals surface area (Å²) in [5.41, 5.74) is 3.64. The highest BCUT2D eigenvalue weighted by Crippen LogP contribution is 2.23. The minimum atomic E-state index is -0.101. The van der Waals surface area contributed by atoms with Crippen molar-refractivity contribution in [3.8, 4) is 0 Å². The molecule has 0 spiro atoms. The van der Waals surface area contributed by atoms with E-state index in [1.165, 1.54) is 0 Å². The monoisotopic (exact) mass is 281 g/mol. The average Bonchev–Trinajstić information content (AvgIpc) is 2.87. The van der Waals surface area contributed by atoms with Gasteiger partial charge in [-0.1, -0.05) is 12.1 Å². The van der Waals surface area contributed by atoms with Crippen LogP contribution < -0.4 is 10.6 Å². The van der Waals surface area contributed by atoms with Crippen LogP contribution in [-0.4, -0.2) is 23.3 Å². The topological polar surface area (TPSA) is 71.1 Å². The first-order valence-electron chi connectivity index (χ1n) is 6.82. The first kappa shape index (κ1) is 13.3. The van der Waals surface area contributed by atoms with Crippen LogP contribution in [0.5, 0.6) is 0 Å². The van der Waals surface area contributed by atoms with Crippen LogP contribution in [0, 0.1) is 0 Å². The van der Waals surface area contributed by atoms with Crippen LogP contribution in [0.15, 0.2) is 42.7 Å². The lowest BCUT2D eigenvalue weighted by molar-refractivity contribution is -0.115. The van der Waals surface area contributed by atoms with Crippen LogP contribution >= 0.6 is 0 Å². The highest BCUT2D eigenvalue weighted by atomic mass is 16.2. The number of benzene rings is 1. The Kier molecular flexibility index (Phi) is 3.64. The van der Waals surface area contributed by atoms with Crippen molar-refractivity contribution in [1.82, 2.24) is 10.3 Å². The van der Waals surface area contributed by atoms with Crippen molar-refractivity contribution >= 4 is 17.5 Å². The van der Waals surface area contributed by atoms with Gasteiger partial charge in [0.05, 0.1) is 6.42 Å². The zero-order valence-corrected chi connectivity index (χ0v) is 11.4. The Labute approximate surface area is 122 Å². The number of carbonyl (C=O) groups is 2. The fraction of sp³-hybridized carbons (Fsp3) is 0.188. The molecule has 21 heavy (non-hydrogen) atoms. The first-order valence-corrected chi connectivity index (χ1v) is 6.82. The molecule has 2 aromatic rings. The summed E-state index contributed by atoms with van der Waals surface area (Å²) in [4.78, 5) is 27.1. The summed E-state index contributed by atoms with van der Waals surface area (Å²) >= 11 is 0. The van der Waals surface area contributed by atoms with Crippen molar-refractivity contribution in [2.75, 3.05) is 11.9 Å². The number of amides is 2. The van der Waals surface area contributed by atoms with E-state index in [2.05, 4.69) is 15.6 Å².